The van der Waals surface area contributed by atoms with Gasteiger partial charge in [-0.05, 0) is 43.5 Å². The van der Waals surface area contributed by atoms with E-state index < -0.39 is 0 Å². The molecule has 2 aromatic rings. The van der Waals surface area contributed by atoms with Crippen LogP contribution >= 0.6 is 0 Å². The van der Waals surface area contributed by atoms with Gasteiger partial charge < -0.3 is 10.1 Å². The summed E-state index contributed by atoms with van der Waals surface area (Å²) in [5.41, 5.74) is 4.30. The zero-order valence-electron chi connectivity index (χ0n) is 14.9. The highest BCUT2D eigenvalue weighted by Crippen LogP contribution is 2.25. The van der Waals surface area contributed by atoms with Gasteiger partial charge in [0.15, 0.2) is 0 Å². The number of anilines is 1. The van der Waals surface area contributed by atoms with Crippen molar-refractivity contribution in [3.05, 3.63) is 59.2 Å². The second-order valence-corrected chi connectivity index (χ2v) is 5.67. The van der Waals surface area contributed by atoms with Crippen molar-refractivity contribution in [2.24, 2.45) is 0 Å². The van der Waals surface area contributed by atoms with E-state index in [1.54, 1.807) is 11.9 Å². The van der Waals surface area contributed by atoms with Gasteiger partial charge in [0.05, 0.1) is 5.69 Å². The van der Waals surface area contributed by atoms with Crippen LogP contribution in [0.3, 0.4) is 0 Å². The predicted octanol–water partition coefficient (Wildman–Crippen LogP) is 4.30. The summed E-state index contributed by atoms with van der Waals surface area (Å²) in [5, 5.41) is 2.68. The van der Waals surface area contributed by atoms with Crippen molar-refractivity contribution in [1.82, 2.24) is 5.32 Å². The molecule has 4 heteroatoms. The Labute approximate surface area is 144 Å². The first-order valence-electron chi connectivity index (χ1n) is 8.40. The first-order chi connectivity index (χ1) is 11.6. The highest BCUT2D eigenvalue weighted by molar-refractivity contribution is 5.92. The molecule has 2 aromatic carbocycles. The molecule has 24 heavy (non-hydrogen) atoms. The summed E-state index contributed by atoms with van der Waals surface area (Å²) in [6, 6.07) is 14.0. The van der Waals surface area contributed by atoms with Gasteiger partial charge >= 0.3 is 6.03 Å². The number of hydrogen-bond acceptors (Lipinski definition) is 2. The minimum absolute atomic E-state index is 0.117. The molecular weight excluding hydrogens is 300 g/mol. The molecule has 0 unspecified atom stereocenters. The van der Waals surface area contributed by atoms with E-state index in [0.717, 1.165) is 29.0 Å². The molecule has 0 fully saturated rings. The topological polar surface area (TPSA) is 41.6 Å². The summed E-state index contributed by atoms with van der Waals surface area (Å²) in [6.45, 7) is 7.18. The van der Waals surface area contributed by atoms with Crippen LogP contribution in [0.4, 0.5) is 10.5 Å². The fraction of sp³-hybridized carbons (Fsp3) is 0.350. The van der Waals surface area contributed by atoms with Crippen LogP contribution in [-0.2, 0) is 13.0 Å². The van der Waals surface area contributed by atoms with E-state index in [1.807, 2.05) is 37.3 Å². The molecule has 2 amide bonds. The molecule has 0 aromatic heterocycles. The molecule has 0 spiro atoms. The number of benzene rings is 2. The zero-order chi connectivity index (χ0) is 17.5. The van der Waals surface area contributed by atoms with Crippen molar-refractivity contribution in [3.63, 3.8) is 0 Å². The number of amides is 2. The highest BCUT2D eigenvalue weighted by atomic mass is 16.5. The Morgan fingerprint density at radius 3 is 2.54 bits per heavy atom. The van der Waals surface area contributed by atoms with Crippen molar-refractivity contribution in [2.45, 2.75) is 33.8 Å². The monoisotopic (exact) mass is 326 g/mol. The first-order valence-corrected chi connectivity index (χ1v) is 8.40. The zero-order valence-corrected chi connectivity index (χ0v) is 14.9. The SMILES string of the molecule is CCc1ccc(OCc2ccccc2N(CC)C(=O)NC)c(C)c1. The molecule has 0 radical (unpaired) electrons. The average Bonchev–Trinajstić information content (AvgIpc) is 2.62. The van der Waals surface area contributed by atoms with Gasteiger partial charge in [-0.1, -0.05) is 37.3 Å². The molecule has 0 atom stereocenters. The summed E-state index contributed by atoms with van der Waals surface area (Å²) in [6.07, 6.45) is 1.02. The van der Waals surface area contributed by atoms with Crippen molar-refractivity contribution >= 4 is 11.7 Å². The average molecular weight is 326 g/mol. The van der Waals surface area contributed by atoms with Gasteiger partial charge in [-0.3, -0.25) is 4.90 Å². The number of aryl methyl sites for hydroxylation is 2. The maximum absolute atomic E-state index is 12.1. The Morgan fingerprint density at radius 1 is 1.17 bits per heavy atom. The van der Waals surface area contributed by atoms with Gasteiger partial charge in [0, 0.05) is 19.2 Å². The van der Waals surface area contributed by atoms with Gasteiger partial charge in [0.25, 0.3) is 0 Å². The molecular formula is C20H26N2O2. The molecule has 4 nitrogen and oxygen atoms in total. The Hall–Kier alpha value is -2.49. The third kappa shape index (κ3) is 4.07. The van der Waals surface area contributed by atoms with Crippen LogP contribution in [0, 0.1) is 6.92 Å². The van der Waals surface area contributed by atoms with E-state index in [4.69, 9.17) is 4.74 Å². The number of nitrogens with zero attached hydrogens (tertiary/aromatic N) is 1. The summed E-state index contributed by atoms with van der Waals surface area (Å²) >= 11 is 0. The normalized spacial score (nSPS) is 10.3. The van der Waals surface area contributed by atoms with Crippen LogP contribution in [0.2, 0.25) is 0 Å². The van der Waals surface area contributed by atoms with Crippen LogP contribution in [0.1, 0.15) is 30.5 Å². The van der Waals surface area contributed by atoms with Gasteiger partial charge in [0.1, 0.15) is 12.4 Å². The number of nitrogens with one attached hydrogen (secondary N) is 1. The third-order valence-corrected chi connectivity index (χ3v) is 4.09. The fourth-order valence-corrected chi connectivity index (χ4v) is 2.70. The van der Waals surface area contributed by atoms with E-state index >= 15 is 0 Å². The first kappa shape index (κ1) is 17.9. The van der Waals surface area contributed by atoms with Crippen LogP contribution in [-0.4, -0.2) is 19.6 Å². The van der Waals surface area contributed by atoms with Crippen LogP contribution < -0.4 is 15.0 Å². The Morgan fingerprint density at radius 2 is 1.92 bits per heavy atom. The van der Waals surface area contributed by atoms with Crippen LogP contribution in [0.5, 0.6) is 5.75 Å². The lowest BCUT2D eigenvalue weighted by Gasteiger charge is -2.23. The largest absolute Gasteiger partial charge is 0.489 e. The molecule has 0 bridgehead atoms. The Balaban J connectivity index is 2.20. The summed E-state index contributed by atoms with van der Waals surface area (Å²) in [4.78, 5) is 13.8. The van der Waals surface area contributed by atoms with Crippen LogP contribution in [0.15, 0.2) is 42.5 Å². The number of rotatable bonds is 6. The second-order valence-electron chi connectivity index (χ2n) is 5.67. The molecule has 0 aliphatic carbocycles. The minimum atomic E-state index is -0.117. The maximum atomic E-state index is 12.1. The summed E-state index contributed by atoms with van der Waals surface area (Å²) in [7, 11) is 1.64. The summed E-state index contributed by atoms with van der Waals surface area (Å²) < 4.78 is 6.01. The van der Waals surface area contributed by atoms with Crippen molar-refractivity contribution in [2.75, 3.05) is 18.5 Å². The van der Waals surface area contributed by atoms with Gasteiger partial charge in [0.2, 0.25) is 0 Å². The molecule has 0 saturated heterocycles. The Bertz CT molecular complexity index is 698. The van der Waals surface area contributed by atoms with Crippen molar-refractivity contribution < 1.29 is 9.53 Å². The highest BCUT2D eigenvalue weighted by Gasteiger charge is 2.15. The predicted molar refractivity (Wildman–Crippen MR) is 98.8 cm³/mol. The van der Waals surface area contributed by atoms with Crippen molar-refractivity contribution in [3.8, 4) is 5.75 Å². The molecule has 2 rings (SSSR count). The third-order valence-electron chi connectivity index (χ3n) is 4.09. The number of hydrogen-bond donors (Lipinski definition) is 1. The lowest BCUT2D eigenvalue weighted by molar-refractivity contribution is 0.248. The lowest BCUT2D eigenvalue weighted by Crippen LogP contribution is -2.38. The molecule has 128 valence electrons. The standard InChI is InChI=1S/C20H26N2O2/c1-5-16-11-12-19(15(3)13-16)24-14-17-9-7-8-10-18(17)22(6-2)20(23)21-4/h7-13H,5-6,14H2,1-4H3,(H,21,23). The number of para-hydroxylation sites is 1. The smallest absolute Gasteiger partial charge is 0.321 e. The van der Waals surface area contributed by atoms with Crippen molar-refractivity contribution in [1.29, 1.82) is 0 Å². The van der Waals surface area contributed by atoms with E-state index in [1.165, 1.54) is 5.56 Å². The number of urea groups is 1. The molecule has 0 aliphatic rings. The molecule has 0 heterocycles. The van der Waals surface area contributed by atoms with Gasteiger partial charge in [-0.25, -0.2) is 4.79 Å². The van der Waals surface area contributed by atoms with E-state index in [2.05, 4.69) is 31.3 Å². The molecule has 1 N–H and O–H groups in total. The lowest BCUT2D eigenvalue weighted by atomic mass is 10.1. The maximum Gasteiger partial charge on any atom is 0.321 e. The minimum Gasteiger partial charge on any atom is -0.489 e. The van der Waals surface area contributed by atoms with Gasteiger partial charge in [-0.15, -0.1) is 0 Å². The quantitative estimate of drug-likeness (QED) is 0.860. The fourth-order valence-electron chi connectivity index (χ4n) is 2.70. The van der Waals surface area contributed by atoms with E-state index in [-0.39, 0.29) is 6.03 Å². The second kappa shape index (κ2) is 8.39. The van der Waals surface area contributed by atoms with Crippen LogP contribution in [0.25, 0.3) is 0 Å². The molecule has 0 saturated carbocycles. The molecule has 0 aliphatic heterocycles. The summed E-state index contributed by atoms with van der Waals surface area (Å²) in [5.74, 6) is 0.880. The van der Waals surface area contributed by atoms with Gasteiger partial charge in [-0.2, -0.15) is 0 Å². The Kier molecular flexibility index (Phi) is 6.24. The number of ether oxygens (including phenoxy) is 1. The number of carbonyl (C=O) groups excluding carboxylic acids is 1. The van der Waals surface area contributed by atoms with E-state index in [9.17, 15) is 4.79 Å². The number of carbonyl (C=O) groups is 1. The van der Waals surface area contributed by atoms with E-state index in [0.29, 0.717) is 13.2 Å².